The van der Waals surface area contributed by atoms with Gasteiger partial charge in [-0.1, -0.05) is 19.6 Å². The van der Waals surface area contributed by atoms with Crippen LogP contribution in [0.25, 0.3) is 0 Å². The van der Waals surface area contributed by atoms with Gasteiger partial charge in [-0.25, -0.2) is 4.98 Å². The van der Waals surface area contributed by atoms with Gasteiger partial charge in [-0.3, -0.25) is 0 Å². The smallest absolute Gasteiger partial charge is 0.542 e. The number of nitriles is 1. The summed E-state index contributed by atoms with van der Waals surface area (Å²) in [7, 11) is -1.16. The Morgan fingerprint density at radius 2 is 2.21 bits per heavy atom. The fraction of sp³-hybridized carbons (Fsp3) is 0.545. The number of imidazole rings is 1. The van der Waals surface area contributed by atoms with Gasteiger partial charge < -0.3 is 19.2 Å². The van der Waals surface area contributed by atoms with Crippen molar-refractivity contribution in [1.29, 1.82) is 5.26 Å². The number of aromatic carboxylic acids is 1. The van der Waals surface area contributed by atoms with Crippen molar-refractivity contribution in [3.8, 4) is 6.07 Å². The molecule has 1 heterocycles. The number of carbonyl (C=O) groups is 1. The second-order valence-corrected chi connectivity index (χ2v) is 10.8. The van der Waals surface area contributed by atoms with E-state index in [2.05, 4.69) is 24.6 Å². The molecule has 0 bridgehead atoms. The second kappa shape index (κ2) is 8.31. The van der Waals surface area contributed by atoms with Crippen molar-refractivity contribution in [2.75, 3.05) is 6.61 Å². The van der Waals surface area contributed by atoms with Gasteiger partial charge in [0.1, 0.15) is 18.8 Å². The summed E-state index contributed by atoms with van der Waals surface area (Å²) in [6.07, 6.45) is 1.35. The molecule has 19 heavy (non-hydrogen) atoms. The van der Waals surface area contributed by atoms with Crippen LogP contribution in [0.5, 0.6) is 0 Å². The molecule has 0 saturated heterocycles. The molecule has 1 aromatic heterocycles. The predicted octanol–water partition coefficient (Wildman–Crippen LogP) is -2.57. The van der Waals surface area contributed by atoms with Crippen LogP contribution < -0.4 is 56.5 Å². The molecule has 98 valence electrons. The first kappa shape index (κ1) is 19.0. The van der Waals surface area contributed by atoms with Crippen LogP contribution in [0.2, 0.25) is 25.7 Å². The molecule has 0 spiro atoms. The van der Waals surface area contributed by atoms with E-state index in [-0.39, 0.29) is 69.6 Å². The topological polar surface area (TPSA) is 91.0 Å². The fourth-order valence-electron chi connectivity index (χ4n) is 1.27. The van der Waals surface area contributed by atoms with Gasteiger partial charge in [0, 0.05) is 20.9 Å². The monoisotopic (exact) mass is 305 g/mol. The van der Waals surface area contributed by atoms with Crippen LogP contribution in [0, 0.1) is 11.3 Å². The van der Waals surface area contributed by atoms with Crippen molar-refractivity contribution in [1.82, 2.24) is 9.55 Å². The summed E-state index contributed by atoms with van der Waals surface area (Å²) in [4.78, 5) is 14.4. The summed E-state index contributed by atoms with van der Waals surface area (Å²) < 4.78 is 6.68. The third-order valence-corrected chi connectivity index (χ3v) is 4.00. The first-order valence-electron chi connectivity index (χ1n) is 5.60. The molecule has 0 radical (unpaired) electrons. The summed E-state index contributed by atoms with van der Waals surface area (Å²) in [5.74, 6) is -1.69. The normalized spacial score (nSPS) is 10.6. The maximum Gasteiger partial charge on any atom is 1.00 e. The average molecular weight is 305 g/mol. The van der Waals surface area contributed by atoms with Crippen LogP contribution in [0.15, 0.2) is 6.20 Å². The second-order valence-electron chi connectivity index (χ2n) is 5.17. The van der Waals surface area contributed by atoms with E-state index in [1.807, 2.05) is 0 Å². The Morgan fingerprint density at radius 3 is 2.68 bits per heavy atom. The number of hydrogen-bond donors (Lipinski definition) is 0. The molecular formula is C11H16KN3O3Si. The van der Waals surface area contributed by atoms with E-state index in [1.165, 1.54) is 10.8 Å². The molecule has 0 aliphatic heterocycles. The van der Waals surface area contributed by atoms with Crippen molar-refractivity contribution in [3.63, 3.8) is 0 Å². The molecule has 8 heteroatoms. The SMILES string of the molecule is C[Si](C)(C)CCOCn1cc(C#N)nc1C(=O)[O-].[K+]. The Bertz CT molecular complexity index is 477. The molecule has 6 nitrogen and oxygen atoms in total. The quantitative estimate of drug-likeness (QED) is 0.426. The first-order chi connectivity index (χ1) is 8.33. The van der Waals surface area contributed by atoms with Crippen LogP contribution in [-0.4, -0.2) is 30.2 Å². The Hall–Kier alpha value is -0.0168. The van der Waals surface area contributed by atoms with E-state index in [4.69, 9.17) is 10.00 Å². The Kier molecular flexibility index (Phi) is 8.30. The van der Waals surface area contributed by atoms with Gasteiger partial charge in [-0.05, 0) is 6.04 Å². The van der Waals surface area contributed by atoms with Gasteiger partial charge in [-0.15, -0.1) is 0 Å². The summed E-state index contributed by atoms with van der Waals surface area (Å²) in [5.41, 5.74) is 0.0444. The molecule has 0 fully saturated rings. The largest absolute Gasteiger partial charge is 1.00 e. The molecule has 0 atom stereocenters. The van der Waals surface area contributed by atoms with Gasteiger partial charge in [0.15, 0.2) is 11.5 Å². The number of carboxylic acids is 1. The molecule has 0 saturated carbocycles. The van der Waals surface area contributed by atoms with Crippen molar-refractivity contribution in [2.45, 2.75) is 32.4 Å². The standard InChI is InChI=1S/C11H17N3O3Si.K/c1-18(2,3)5-4-17-8-14-7-9(6-12)13-10(14)11(15)16;/h7H,4-5,8H2,1-3H3,(H,15,16);/q;+1/p-1. The maximum absolute atomic E-state index is 10.8. The van der Waals surface area contributed by atoms with E-state index in [0.29, 0.717) is 6.61 Å². The molecule has 0 aliphatic carbocycles. The van der Waals surface area contributed by atoms with Crippen LogP contribution in [0.4, 0.5) is 0 Å². The van der Waals surface area contributed by atoms with E-state index < -0.39 is 14.0 Å². The average Bonchev–Trinajstić information content (AvgIpc) is 2.66. The van der Waals surface area contributed by atoms with Crippen molar-refractivity contribution < 1.29 is 66.0 Å². The van der Waals surface area contributed by atoms with Crippen LogP contribution in [-0.2, 0) is 11.5 Å². The Labute approximate surface area is 156 Å². The van der Waals surface area contributed by atoms with E-state index in [0.717, 1.165) is 6.04 Å². The van der Waals surface area contributed by atoms with E-state index >= 15 is 0 Å². The van der Waals surface area contributed by atoms with Crippen LogP contribution in [0.1, 0.15) is 16.3 Å². The van der Waals surface area contributed by atoms with Crippen molar-refractivity contribution in [2.24, 2.45) is 0 Å². The van der Waals surface area contributed by atoms with Gasteiger partial charge in [-0.2, -0.15) is 5.26 Å². The molecular weight excluding hydrogens is 289 g/mol. The maximum atomic E-state index is 10.8. The molecule has 0 aromatic carbocycles. The van der Waals surface area contributed by atoms with E-state index in [1.54, 1.807) is 6.07 Å². The third-order valence-electron chi connectivity index (χ3n) is 2.30. The molecule has 0 aliphatic rings. The number of hydrogen-bond acceptors (Lipinski definition) is 5. The number of carbonyl (C=O) groups excluding carboxylic acids is 1. The minimum Gasteiger partial charge on any atom is -0.542 e. The zero-order valence-electron chi connectivity index (χ0n) is 11.8. The molecule has 1 aromatic rings. The molecule has 1 rings (SSSR count). The third kappa shape index (κ3) is 6.80. The number of rotatable bonds is 6. The van der Waals surface area contributed by atoms with Gasteiger partial charge in [0.05, 0.1) is 0 Å². The summed E-state index contributed by atoms with van der Waals surface area (Å²) >= 11 is 0. The summed E-state index contributed by atoms with van der Waals surface area (Å²) in [6, 6.07) is 2.78. The van der Waals surface area contributed by atoms with Crippen molar-refractivity contribution >= 4 is 14.0 Å². The number of nitrogens with zero attached hydrogens (tertiary/aromatic N) is 3. The number of carboxylic acid groups (broad SMARTS) is 1. The summed E-state index contributed by atoms with van der Waals surface area (Å²) in [5, 5.41) is 19.5. The Morgan fingerprint density at radius 1 is 1.58 bits per heavy atom. The van der Waals surface area contributed by atoms with Crippen molar-refractivity contribution in [3.05, 3.63) is 17.7 Å². The van der Waals surface area contributed by atoms with Gasteiger partial charge in [0.25, 0.3) is 0 Å². The number of ether oxygens (including phenoxy) is 1. The van der Waals surface area contributed by atoms with Gasteiger partial charge in [0.2, 0.25) is 0 Å². The molecule has 0 unspecified atom stereocenters. The van der Waals surface area contributed by atoms with E-state index in [9.17, 15) is 9.90 Å². The molecule has 0 N–H and O–H groups in total. The minimum absolute atomic E-state index is 0. The number of aromatic nitrogens is 2. The summed E-state index contributed by atoms with van der Waals surface area (Å²) in [6.45, 7) is 7.33. The minimum atomic E-state index is -1.41. The van der Waals surface area contributed by atoms with Gasteiger partial charge >= 0.3 is 51.4 Å². The zero-order valence-corrected chi connectivity index (χ0v) is 15.9. The predicted molar refractivity (Wildman–Crippen MR) is 65.4 cm³/mol. The van der Waals surface area contributed by atoms with Crippen LogP contribution in [0.3, 0.4) is 0 Å². The van der Waals surface area contributed by atoms with Crippen LogP contribution >= 0.6 is 0 Å². The first-order valence-corrected chi connectivity index (χ1v) is 9.30. The zero-order chi connectivity index (χ0) is 13.8. The fourth-order valence-corrected chi connectivity index (χ4v) is 2.03. The molecule has 0 amide bonds. The Balaban J connectivity index is 0.00000324.